The summed E-state index contributed by atoms with van der Waals surface area (Å²) in [6.45, 7) is -0.518. The molecule has 1 amide bonds. The number of carbonyl (C=O) groups excluding carboxylic acids is 1. The van der Waals surface area contributed by atoms with Gasteiger partial charge in [0.05, 0.1) is 6.61 Å². The first-order valence-corrected chi connectivity index (χ1v) is 3.93. The van der Waals surface area contributed by atoms with Gasteiger partial charge in [0.25, 0.3) is 0 Å². The van der Waals surface area contributed by atoms with Crippen molar-refractivity contribution < 1.29 is 27.8 Å². The molecule has 0 aliphatic carbocycles. The highest BCUT2D eigenvalue weighted by molar-refractivity contribution is 5.80. The van der Waals surface area contributed by atoms with E-state index in [-0.39, 0.29) is 13.2 Å². The molecular weight excluding hydrogens is 203 g/mol. The quantitative estimate of drug-likeness (QED) is 0.682. The molecule has 84 valence electrons. The van der Waals surface area contributed by atoms with Gasteiger partial charge in [0.15, 0.2) is 0 Å². The summed E-state index contributed by atoms with van der Waals surface area (Å²) in [4.78, 5) is 10.9. The molecular formula is C7H12F3NO3. The van der Waals surface area contributed by atoms with Crippen LogP contribution in [0.2, 0.25) is 0 Å². The Labute approximate surface area is 79.0 Å². The van der Waals surface area contributed by atoms with Gasteiger partial charge in [0.2, 0.25) is 5.91 Å². The van der Waals surface area contributed by atoms with Crippen LogP contribution in [-0.2, 0) is 9.53 Å². The zero-order valence-electron chi connectivity index (χ0n) is 7.60. The fraction of sp³-hybridized carbons (Fsp3) is 0.857. The number of aliphatic hydroxyl groups is 1. The van der Waals surface area contributed by atoms with Crippen molar-refractivity contribution in [2.75, 3.05) is 19.8 Å². The predicted octanol–water partition coefficient (Wildman–Crippen LogP) is 0.0623. The van der Waals surface area contributed by atoms with E-state index in [2.05, 4.69) is 10.1 Å². The Kier molecular flexibility index (Phi) is 5.47. The summed E-state index contributed by atoms with van der Waals surface area (Å²) in [7, 11) is 0. The highest BCUT2D eigenvalue weighted by Gasteiger charge is 2.29. The van der Waals surface area contributed by atoms with Crippen LogP contribution in [0.15, 0.2) is 0 Å². The minimum atomic E-state index is -4.44. The summed E-state index contributed by atoms with van der Waals surface area (Å²) in [6.07, 6.45) is -5.62. The van der Waals surface area contributed by atoms with E-state index in [0.29, 0.717) is 0 Å². The Bertz CT molecular complexity index is 184. The van der Waals surface area contributed by atoms with E-state index >= 15 is 0 Å². The molecule has 0 unspecified atom stereocenters. The van der Waals surface area contributed by atoms with E-state index in [0.717, 1.165) is 0 Å². The number of nitrogens with one attached hydrogen (secondary N) is 1. The molecule has 2 N–H and O–H groups in total. The monoisotopic (exact) mass is 215 g/mol. The van der Waals surface area contributed by atoms with Crippen molar-refractivity contribution in [1.29, 1.82) is 0 Å². The van der Waals surface area contributed by atoms with Crippen LogP contribution < -0.4 is 5.32 Å². The third kappa shape index (κ3) is 6.67. The Morgan fingerprint density at radius 3 is 2.57 bits per heavy atom. The zero-order valence-corrected chi connectivity index (χ0v) is 7.60. The second kappa shape index (κ2) is 5.82. The van der Waals surface area contributed by atoms with E-state index in [9.17, 15) is 18.0 Å². The molecule has 0 saturated heterocycles. The smallest absolute Gasteiger partial charge is 0.395 e. The largest absolute Gasteiger partial charge is 0.411 e. The van der Waals surface area contributed by atoms with Gasteiger partial charge in [0.1, 0.15) is 12.7 Å². The summed E-state index contributed by atoms with van der Waals surface area (Å²) < 4.78 is 39.2. The first-order valence-electron chi connectivity index (χ1n) is 3.93. The predicted molar refractivity (Wildman–Crippen MR) is 41.6 cm³/mol. The van der Waals surface area contributed by atoms with E-state index in [1.165, 1.54) is 6.92 Å². The molecule has 0 aromatic heterocycles. The van der Waals surface area contributed by atoms with Gasteiger partial charge in [0, 0.05) is 6.54 Å². The number of carbonyl (C=O) groups is 1. The molecule has 0 aliphatic heterocycles. The van der Waals surface area contributed by atoms with Crippen molar-refractivity contribution >= 4 is 5.91 Å². The van der Waals surface area contributed by atoms with Crippen LogP contribution in [0.5, 0.6) is 0 Å². The minimum absolute atomic E-state index is 0.00144. The molecule has 0 aromatic carbocycles. The van der Waals surface area contributed by atoms with Crippen molar-refractivity contribution in [1.82, 2.24) is 5.32 Å². The van der Waals surface area contributed by atoms with Gasteiger partial charge in [-0.25, -0.2) is 0 Å². The molecule has 0 bridgehead atoms. The fourth-order valence-corrected chi connectivity index (χ4v) is 0.618. The van der Waals surface area contributed by atoms with Crippen molar-refractivity contribution in [2.24, 2.45) is 0 Å². The van der Waals surface area contributed by atoms with Crippen molar-refractivity contribution in [3.8, 4) is 0 Å². The molecule has 14 heavy (non-hydrogen) atoms. The van der Waals surface area contributed by atoms with Gasteiger partial charge in [-0.1, -0.05) is 0 Å². The minimum Gasteiger partial charge on any atom is -0.395 e. The van der Waals surface area contributed by atoms with E-state index < -0.39 is 24.8 Å². The van der Waals surface area contributed by atoms with Gasteiger partial charge in [-0.05, 0) is 6.92 Å². The van der Waals surface area contributed by atoms with E-state index in [4.69, 9.17) is 5.11 Å². The van der Waals surface area contributed by atoms with Gasteiger partial charge in [-0.3, -0.25) is 4.79 Å². The number of alkyl halides is 3. The standard InChI is InChI=1S/C7H12F3NO3/c1-5(6(13)11-2-3-12)14-4-7(8,9)10/h5,12H,2-4H2,1H3,(H,11,13)/t5-/m0/s1. The van der Waals surface area contributed by atoms with Crippen LogP contribution in [-0.4, -0.2) is 43.1 Å². The van der Waals surface area contributed by atoms with Crippen molar-refractivity contribution in [3.63, 3.8) is 0 Å². The first-order chi connectivity index (χ1) is 6.37. The van der Waals surface area contributed by atoms with E-state index in [1.807, 2.05) is 0 Å². The Morgan fingerprint density at radius 1 is 1.57 bits per heavy atom. The normalized spacial score (nSPS) is 13.8. The molecule has 0 aliphatic rings. The molecule has 4 nitrogen and oxygen atoms in total. The lowest BCUT2D eigenvalue weighted by Gasteiger charge is -2.14. The lowest BCUT2D eigenvalue weighted by atomic mass is 10.4. The van der Waals surface area contributed by atoms with E-state index in [1.54, 1.807) is 0 Å². The highest BCUT2D eigenvalue weighted by atomic mass is 19.4. The first kappa shape index (κ1) is 13.2. The number of rotatable bonds is 5. The van der Waals surface area contributed by atoms with Crippen LogP contribution in [0.3, 0.4) is 0 Å². The summed E-state index contributed by atoms with van der Waals surface area (Å²) in [5, 5.41) is 10.5. The molecule has 0 rings (SSSR count). The number of aliphatic hydroxyl groups excluding tert-OH is 1. The summed E-state index contributed by atoms with van der Waals surface area (Å²) in [5.74, 6) is -0.678. The SMILES string of the molecule is C[C@H](OCC(F)(F)F)C(=O)NCCO. The maximum absolute atomic E-state index is 11.6. The molecule has 0 aromatic rings. The number of amides is 1. The number of ether oxygens (including phenoxy) is 1. The summed E-state index contributed by atoms with van der Waals surface area (Å²) in [6, 6.07) is 0. The molecule has 0 spiro atoms. The third-order valence-electron chi connectivity index (χ3n) is 1.28. The van der Waals surface area contributed by atoms with Crippen molar-refractivity contribution in [2.45, 2.75) is 19.2 Å². The average Bonchev–Trinajstić information content (AvgIpc) is 2.09. The molecule has 0 radical (unpaired) electrons. The molecule has 0 fully saturated rings. The second-order valence-electron chi connectivity index (χ2n) is 2.58. The lowest BCUT2D eigenvalue weighted by molar-refractivity contribution is -0.185. The van der Waals surface area contributed by atoms with Crippen LogP contribution in [0.4, 0.5) is 13.2 Å². The van der Waals surface area contributed by atoms with Gasteiger partial charge in [-0.15, -0.1) is 0 Å². The number of hydrogen-bond acceptors (Lipinski definition) is 3. The fourth-order valence-electron chi connectivity index (χ4n) is 0.618. The Balaban J connectivity index is 3.73. The number of halogens is 3. The van der Waals surface area contributed by atoms with Gasteiger partial charge >= 0.3 is 6.18 Å². The Morgan fingerprint density at radius 2 is 2.14 bits per heavy atom. The van der Waals surface area contributed by atoms with Crippen LogP contribution in [0.1, 0.15) is 6.92 Å². The van der Waals surface area contributed by atoms with Crippen LogP contribution >= 0.6 is 0 Å². The molecule has 0 saturated carbocycles. The third-order valence-corrected chi connectivity index (χ3v) is 1.28. The maximum atomic E-state index is 11.6. The summed E-state index contributed by atoms with van der Waals surface area (Å²) >= 11 is 0. The number of hydrogen-bond donors (Lipinski definition) is 2. The molecule has 1 atom stereocenters. The average molecular weight is 215 g/mol. The second-order valence-corrected chi connectivity index (χ2v) is 2.58. The Hall–Kier alpha value is -0.820. The lowest BCUT2D eigenvalue weighted by Crippen LogP contribution is -2.37. The zero-order chi connectivity index (χ0) is 11.2. The molecule has 7 heteroatoms. The highest BCUT2D eigenvalue weighted by Crippen LogP contribution is 2.15. The summed E-state index contributed by atoms with van der Waals surface area (Å²) in [5.41, 5.74) is 0. The van der Waals surface area contributed by atoms with Gasteiger partial charge in [-0.2, -0.15) is 13.2 Å². The topological polar surface area (TPSA) is 58.6 Å². The van der Waals surface area contributed by atoms with Gasteiger partial charge < -0.3 is 15.2 Å². The van der Waals surface area contributed by atoms with Crippen molar-refractivity contribution in [3.05, 3.63) is 0 Å². The van der Waals surface area contributed by atoms with Crippen LogP contribution in [0, 0.1) is 0 Å². The van der Waals surface area contributed by atoms with Crippen LogP contribution in [0.25, 0.3) is 0 Å². The molecule has 0 heterocycles. The maximum Gasteiger partial charge on any atom is 0.411 e.